The summed E-state index contributed by atoms with van der Waals surface area (Å²) in [5, 5.41) is 9.06. The highest BCUT2D eigenvalue weighted by Crippen LogP contribution is 2.28. The Kier molecular flexibility index (Phi) is 3.74. The first-order chi connectivity index (χ1) is 9.00. The molecule has 19 heavy (non-hydrogen) atoms. The third kappa shape index (κ3) is 2.70. The van der Waals surface area contributed by atoms with E-state index >= 15 is 0 Å². The Morgan fingerprint density at radius 3 is 2.21 bits per heavy atom. The van der Waals surface area contributed by atoms with Gasteiger partial charge in [0.05, 0.1) is 0 Å². The highest BCUT2D eigenvalue weighted by molar-refractivity contribution is 6.12. The molecule has 0 spiro atoms. The molecule has 1 N–H and O–H groups in total. The Labute approximate surface area is 108 Å². The smallest absolute Gasteiger partial charge is 0.331 e. The number of halogens is 2. The molecule has 2 rings (SSSR count). The van der Waals surface area contributed by atoms with E-state index in [1.807, 2.05) is 0 Å². The van der Waals surface area contributed by atoms with E-state index in [0.29, 0.717) is 12.8 Å². The van der Waals surface area contributed by atoms with Crippen molar-refractivity contribution < 1.29 is 23.5 Å². The molecule has 0 aromatic heterocycles. The number of rotatable bonds is 3. The second kappa shape index (κ2) is 5.30. The van der Waals surface area contributed by atoms with E-state index < -0.39 is 23.4 Å². The van der Waals surface area contributed by atoms with Crippen molar-refractivity contribution >= 4 is 11.8 Å². The minimum atomic E-state index is -1.12. The maximum absolute atomic E-state index is 13.1. The van der Waals surface area contributed by atoms with Gasteiger partial charge in [0.25, 0.3) is 0 Å². The van der Waals surface area contributed by atoms with E-state index in [0.717, 1.165) is 25.0 Å². The van der Waals surface area contributed by atoms with Crippen molar-refractivity contribution in [3.63, 3.8) is 0 Å². The van der Waals surface area contributed by atoms with Gasteiger partial charge in [0, 0.05) is 16.7 Å². The van der Waals surface area contributed by atoms with E-state index in [9.17, 15) is 18.4 Å². The summed E-state index contributed by atoms with van der Waals surface area (Å²) < 4.78 is 25.9. The van der Waals surface area contributed by atoms with E-state index in [1.54, 1.807) is 0 Å². The van der Waals surface area contributed by atoms with Crippen LogP contribution >= 0.6 is 0 Å². The van der Waals surface area contributed by atoms with Crippen molar-refractivity contribution in [2.75, 3.05) is 0 Å². The maximum Gasteiger partial charge on any atom is 0.331 e. The third-order valence-electron chi connectivity index (χ3n) is 3.18. The molecule has 1 aliphatic carbocycles. The fraction of sp³-hybridized carbons (Fsp3) is 0.286. The average molecular weight is 266 g/mol. The van der Waals surface area contributed by atoms with E-state index in [4.69, 9.17) is 5.11 Å². The largest absolute Gasteiger partial charge is 0.478 e. The van der Waals surface area contributed by atoms with Gasteiger partial charge in [-0.2, -0.15) is 0 Å². The van der Waals surface area contributed by atoms with Crippen LogP contribution < -0.4 is 0 Å². The SMILES string of the molecule is O=C(O)C1=C(C(=O)c2ccc(F)c(F)c2)CCCC1. The number of Topliss-reactive ketones (excluding diaryl/α,β-unsaturated/α-hetero) is 1. The normalized spacial score (nSPS) is 15.5. The Morgan fingerprint density at radius 1 is 1.00 bits per heavy atom. The number of carbonyl (C=O) groups is 2. The minimum Gasteiger partial charge on any atom is -0.478 e. The lowest BCUT2D eigenvalue weighted by Gasteiger charge is -2.16. The number of allylic oxidation sites excluding steroid dienone is 1. The fourth-order valence-electron chi connectivity index (χ4n) is 2.20. The average Bonchev–Trinajstić information content (AvgIpc) is 2.41. The molecule has 0 aliphatic heterocycles. The van der Waals surface area contributed by atoms with Crippen LogP contribution in [0.15, 0.2) is 29.3 Å². The monoisotopic (exact) mass is 266 g/mol. The summed E-state index contributed by atoms with van der Waals surface area (Å²) in [5.41, 5.74) is 0.264. The molecule has 5 heteroatoms. The molecule has 1 aromatic rings. The van der Waals surface area contributed by atoms with Gasteiger partial charge in [0.2, 0.25) is 0 Å². The van der Waals surface area contributed by atoms with Crippen molar-refractivity contribution in [2.24, 2.45) is 0 Å². The highest BCUT2D eigenvalue weighted by Gasteiger charge is 2.24. The number of benzene rings is 1. The molecule has 0 amide bonds. The topological polar surface area (TPSA) is 54.4 Å². The third-order valence-corrected chi connectivity index (χ3v) is 3.18. The molecular formula is C14H12F2O3. The van der Waals surface area contributed by atoms with Crippen molar-refractivity contribution in [1.82, 2.24) is 0 Å². The predicted molar refractivity (Wildman–Crippen MR) is 63.8 cm³/mol. The van der Waals surface area contributed by atoms with Crippen molar-refractivity contribution in [1.29, 1.82) is 0 Å². The van der Waals surface area contributed by atoms with Gasteiger partial charge in [-0.05, 0) is 43.9 Å². The van der Waals surface area contributed by atoms with Gasteiger partial charge in [-0.1, -0.05) is 0 Å². The molecule has 100 valence electrons. The molecule has 0 fully saturated rings. The lowest BCUT2D eigenvalue weighted by Crippen LogP contribution is -2.16. The first kappa shape index (κ1) is 13.4. The first-order valence-corrected chi connectivity index (χ1v) is 5.95. The summed E-state index contributed by atoms with van der Waals surface area (Å²) >= 11 is 0. The zero-order chi connectivity index (χ0) is 14.0. The Morgan fingerprint density at radius 2 is 1.63 bits per heavy atom. The number of hydrogen-bond acceptors (Lipinski definition) is 2. The zero-order valence-corrected chi connectivity index (χ0v) is 10.1. The number of carboxylic acids is 1. The van der Waals surface area contributed by atoms with Crippen LogP contribution in [0.5, 0.6) is 0 Å². The van der Waals surface area contributed by atoms with Gasteiger partial charge >= 0.3 is 5.97 Å². The molecule has 1 aliphatic rings. The molecule has 1 aromatic carbocycles. The molecule has 0 saturated carbocycles. The number of ketones is 1. The summed E-state index contributed by atoms with van der Waals surface area (Å²) in [6, 6.07) is 2.84. The van der Waals surface area contributed by atoms with Crippen molar-refractivity contribution in [3.05, 3.63) is 46.5 Å². The van der Waals surface area contributed by atoms with Gasteiger partial charge in [-0.3, -0.25) is 4.79 Å². The van der Waals surface area contributed by atoms with Crippen LogP contribution in [0, 0.1) is 11.6 Å². The standard InChI is InChI=1S/C14H12F2O3/c15-11-6-5-8(7-12(11)16)13(17)9-3-1-2-4-10(9)14(18)19/h5-7H,1-4H2,(H,18,19). The van der Waals surface area contributed by atoms with E-state index in [2.05, 4.69) is 0 Å². The summed E-state index contributed by atoms with van der Waals surface area (Å²) in [7, 11) is 0. The van der Waals surface area contributed by atoms with Gasteiger partial charge in [0.15, 0.2) is 17.4 Å². The molecule has 0 radical (unpaired) electrons. The second-order valence-electron chi connectivity index (χ2n) is 4.43. The van der Waals surface area contributed by atoms with Crippen LogP contribution in [-0.2, 0) is 4.79 Å². The second-order valence-corrected chi connectivity index (χ2v) is 4.43. The molecule has 0 atom stereocenters. The lowest BCUT2D eigenvalue weighted by molar-refractivity contribution is -0.133. The van der Waals surface area contributed by atoms with Gasteiger partial charge in [-0.15, -0.1) is 0 Å². The quantitative estimate of drug-likeness (QED) is 0.855. The van der Waals surface area contributed by atoms with Crippen molar-refractivity contribution in [3.8, 4) is 0 Å². The van der Waals surface area contributed by atoms with Gasteiger partial charge in [0.1, 0.15) is 0 Å². The minimum absolute atomic E-state index is 0.0189. The van der Waals surface area contributed by atoms with Crippen LogP contribution in [0.3, 0.4) is 0 Å². The summed E-state index contributed by atoms with van der Waals surface area (Å²) in [6.45, 7) is 0. The highest BCUT2D eigenvalue weighted by atomic mass is 19.2. The number of aliphatic carboxylic acids is 1. The summed E-state index contributed by atoms with van der Waals surface area (Å²) in [6.07, 6.45) is 2.14. The molecule has 0 unspecified atom stereocenters. The fourth-order valence-corrected chi connectivity index (χ4v) is 2.20. The molecule has 0 bridgehead atoms. The van der Waals surface area contributed by atoms with Crippen LogP contribution in [0.2, 0.25) is 0 Å². The summed E-state index contributed by atoms with van der Waals surface area (Å²) in [5.74, 6) is -3.80. The van der Waals surface area contributed by atoms with Crippen LogP contribution in [-0.4, -0.2) is 16.9 Å². The Balaban J connectivity index is 2.41. The lowest BCUT2D eigenvalue weighted by atomic mass is 9.87. The molecule has 0 saturated heterocycles. The van der Waals surface area contributed by atoms with Crippen molar-refractivity contribution in [2.45, 2.75) is 25.7 Å². The number of hydrogen-bond donors (Lipinski definition) is 1. The maximum atomic E-state index is 13.1. The first-order valence-electron chi connectivity index (χ1n) is 5.95. The predicted octanol–water partition coefficient (Wildman–Crippen LogP) is 3.10. The van der Waals surface area contributed by atoms with E-state index in [1.165, 1.54) is 6.07 Å². The summed E-state index contributed by atoms with van der Waals surface area (Å²) in [4.78, 5) is 23.2. The molecular weight excluding hydrogens is 254 g/mol. The Hall–Kier alpha value is -2.04. The molecule has 0 heterocycles. The Bertz CT molecular complexity index is 576. The van der Waals surface area contributed by atoms with Gasteiger partial charge < -0.3 is 5.11 Å². The molecule has 3 nitrogen and oxygen atoms in total. The van der Waals surface area contributed by atoms with Crippen LogP contribution in [0.4, 0.5) is 8.78 Å². The zero-order valence-electron chi connectivity index (χ0n) is 10.1. The number of carboxylic acid groups (broad SMARTS) is 1. The van der Waals surface area contributed by atoms with Crippen LogP contribution in [0.1, 0.15) is 36.0 Å². The number of carbonyl (C=O) groups excluding carboxylic acids is 1. The van der Waals surface area contributed by atoms with Gasteiger partial charge in [-0.25, -0.2) is 13.6 Å². The van der Waals surface area contributed by atoms with Crippen LogP contribution in [0.25, 0.3) is 0 Å². The van der Waals surface area contributed by atoms with E-state index in [-0.39, 0.29) is 16.7 Å².